The second kappa shape index (κ2) is 12.6. The Hall–Kier alpha value is -1.82. The van der Waals surface area contributed by atoms with Crippen molar-refractivity contribution in [2.75, 3.05) is 27.2 Å². The van der Waals surface area contributed by atoms with Crippen molar-refractivity contribution in [3.8, 4) is 5.75 Å². The minimum atomic E-state index is -2.33. The van der Waals surface area contributed by atoms with Gasteiger partial charge in [0.15, 0.2) is 0 Å². The lowest BCUT2D eigenvalue weighted by atomic mass is 10.00. The Morgan fingerprint density at radius 1 is 1.11 bits per heavy atom. The number of methoxy groups -OCH3 is 1. The van der Waals surface area contributed by atoms with Crippen molar-refractivity contribution in [3.63, 3.8) is 0 Å². The Morgan fingerprint density at radius 3 is 2.25 bits per heavy atom. The van der Waals surface area contributed by atoms with E-state index in [0.29, 0.717) is 4.90 Å². The number of ether oxygens (including phenoxy) is 1. The Labute approximate surface area is 172 Å². The van der Waals surface area contributed by atoms with Crippen LogP contribution in [0.15, 0.2) is 53.4 Å². The summed E-state index contributed by atoms with van der Waals surface area (Å²) in [4.78, 5) is 3.22. The molecule has 0 radical (unpaired) electrons. The van der Waals surface area contributed by atoms with Crippen LogP contribution in [0.3, 0.4) is 0 Å². The maximum Gasteiger partial charge on any atom is 0.118 e. The van der Waals surface area contributed by atoms with Crippen LogP contribution in [0, 0.1) is 0 Å². The molecule has 3 rings (SSSR count). The zero-order valence-corrected chi connectivity index (χ0v) is 18.8. The third-order valence-corrected chi connectivity index (χ3v) is 6.21. The van der Waals surface area contributed by atoms with E-state index in [2.05, 4.69) is 46.7 Å². The van der Waals surface area contributed by atoms with Gasteiger partial charge in [-0.2, -0.15) is 0 Å². The van der Waals surface area contributed by atoms with E-state index < -0.39 is 9.71 Å². The third kappa shape index (κ3) is 7.30. The second-order valence-corrected chi connectivity index (χ2v) is 8.58. The van der Waals surface area contributed by atoms with E-state index in [1.807, 2.05) is 13.8 Å². The normalized spacial score (nSPS) is 15.0. The zero-order chi connectivity index (χ0) is 21.0. The number of nitrogens with zero attached hydrogens (tertiary/aromatic N) is 1. The summed E-state index contributed by atoms with van der Waals surface area (Å²) < 4.78 is 19.3. The van der Waals surface area contributed by atoms with E-state index in [9.17, 15) is 4.21 Å². The van der Waals surface area contributed by atoms with Gasteiger partial charge in [-0.3, -0.25) is 4.90 Å². The maximum atomic E-state index is 11.7. The van der Waals surface area contributed by atoms with E-state index in [1.165, 1.54) is 31.5 Å². The highest BCUT2D eigenvalue weighted by atomic mass is 32.2. The molecule has 1 aliphatic rings. The first-order valence-electron chi connectivity index (χ1n) is 9.99. The first kappa shape index (κ1) is 24.2. The molecule has 0 saturated heterocycles. The standard InChI is InChI=1S/C12H17N.C9H13NO2S.C2H6/c1-2-8-13-9-7-11-5-3-4-6-12(11)10-13;1-10-13(3,11)9-6-4-8(12-2)5-7-9;1-2/h3-6H,2,7-10H2,1H3;4-7H,3H2,1-2H3,(H,10,11);1-2H3. The SMILES string of the molecule is C=S(=O)(NC)c1ccc(OC)cc1.CC.CCCN1CCc2ccccc2C1. The maximum absolute atomic E-state index is 11.7. The lowest BCUT2D eigenvalue weighted by Gasteiger charge is -2.28. The Bertz CT molecular complexity index is 787. The number of hydrogen-bond acceptors (Lipinski definition) is 3. The average molecular weight is 405 g/mol. The molecule has 0 saturated carbocycles. The predicted molar refractivity (Wildman–Crippen MR) is 123 cm³/mol. The molecule has 0 fully saturated rings. The van der Waals surface area contributed by atoms with Crippen LogP contribution < -0.4 is 9.46 Å². The fourth-order valence-corrected chi connectivity index (χ4v) is 3.79. The van der Waals surface area contributed by atoms with Crippen LogP contribution in [0.4, 0.5) is 0 Å². The van der Waals surface area contributed by atoms with Crippen LogP contribution in [0.25, 0.3) is 0 Å². The molecule has 0 amide bonds. The van der Waals surface area contributed by atoms with Gasteiger partial charge in [-0.1, -0.05) is 45.0 Å². The minimum Gasteiger partial charge on any atom is -0.497 e. The van der Waals surface area contributed by atoms with Crippen LogP contribution in [0.1, 0.15) is 38.3 Å². The molecule has 2 aromatic carbocycles. The number of hydrogen-bond donors (Lipinski definition) is 1. The summed E-state index contributed by atoms with van der Waals surface area (Å²) in [6, 6.07) is 15.8. The van der Waals surface area contributed by atoms with Crippen molar-refractivity contribution in [2.45, 2.75) is 45.1 Å². The van der Waals surface area contributed by atoms with E-state index in [1.54, 1.807) is 44.0 Å². The Morgan fingerprint density at radius 2 is 1.71 bits per heavy atom. The summed E-state index contributed by atoms with van der Waals surface area (Å²) in [6.07, 6.45) is 2.50. The predicted octanol–water partition coefficient (Wildman–Crippen LogP) is 4.39. The van der Waals surface area contributed by atoms with E-state index in [4.69, 9.17) is 4.74 Å². The van der Waals surface area contributed by atoms with Gasteiger partial charge in [0.2, 0.25) is 0 Å². The first-order valence-corrected chi connectivity index (χ1v) is 11.7. The van der Waals surface area contributed by atoms with Gasteiger partial charge in [-0.05, 0) is 67.7 Å². The van der Waals surface area contributed by atoms with Crippen molar-refractivity contribution in [1.82, 2.24) is 9.62 Å². The van der Waals surface area contributed by atoms with Crippen molar-refractivity contribution in [1.29, 1.82) is 0 Å². The van der Waals surface area contributed by atoms with Crippen molar-refractivity contribution < 1.29 is 8.95 Å². The van der Waals surface area contributed by atoms with E-state index in [-0.39, 0.29) is 0 Å². The molecule has 1 aliphatic heterocycles. The summed E-state index contributed by atoms with van der Waals surface area (Å²) in [7, 11) is 0.888. The molecule has 0 bridgehead atoms. The van der Waals surface area contributed by atoms with Crippen LogP contribution in [-0.2, 0) is 22.7 Å². The largest absolute Gasteiger partial charge is 0.497 e. The zero-order valence-electron chi connectivity index (χ0n) is 18.0. The van der Waals surface area contributed by atoms with Crippen LogP contribution in [0.2, 0.25) is 0 Å². The first-order chi connectivity index (χ1) is 13.5. The Balaban J connectivity index is 0.000000257. The number of nitrogens with one attached hydrogen (secondary N) is 1. The molecule has 156 valence electrons. The van der Waals surface area contributed by atoms with Gasteiger partial charge in [-0.25, -0.2) is 8.93 Å². The number of benzene rings is 2. The van der Waals surface area contributed by atoms with Gasteiger partial charge in [0.25, 0.3) is 0 Å². The molecule has 0 aliphatic carbocycles. The van der Waals surface area contributed by atoms with Gasteiger partial charge in [0.1, 0.15) is 5.75 Å². The molecule has 5 heteroatoms. The van der Waals surface area contributed by atoms with E-state index >= 15 is 0 Å². The quantitative estimate of drug-likeness (QED) is 0.752. The van der Waals surface area contributed by atoms with Crippen molar-refractivity contribution >= 4 is 15.6 Å². The highest BCUT2D eigenvalue weighted by molar-refractivity contribution is 7.98. The van der Waals surface area contributed by atoms with Crippen molar-refractivity contribution in [2.24, 2.45) is 0 Å². The Kier molecular flexibility index (Phi) is 10.9. The van der Waals surface area contributed by atoms with Gasteiger partial charge in [0, 0.05) is 18.0 Å². The molecule has 1 atom stereocenters. The fourth-order valence-electron chi connectivity index (χ4n) is 2.97. The highest BCUT2D eigenvalue weighted by Gasteiger charge is 2.13. The molecule has 0 aromatic heterocycles. The molecule has 2 aromatic rings. The topological polar surface area (TPSA) is 41.6 Å². The number of fused-ring (bicyclic) bond motifs is 1. The van der Waals surface area contributed by atoms with Crippen LogP contribution in [0.5, 0.6) is 5.75 Å². The van der Waals surface area contributed by atoms with Gasteiger partial charge in [0.05, 0.1) is 16.8 Å². The lowest BCUT2D eigenvalue weighted by Crippen LogP contribution is -2.30. The summed E-state index contributed by atoms with van der Waals surface area (Å²) in [5.41, 5.74) is 3.08. The monoisotopic (exact) mass is 404 g/mol. The summed E-state index contributed by atoms with van der Waals surface area (Å²) in [5, 5.41) is 0. The molecular weight excluding hydrogens is 368 g/mol. The third-order valence-electron chi connectivity index (χ3n) is 4.52. The summed E-state index contributed by atoms with van der Waals surface area (Å²) >= 11 is 0. The van der Waals surface area contributed by atoms with Gasteiger partial charge in [-0.15, -0.1) is 0 Å². The molecule has 0 spiro atoms. The molecule has 1 N–H and O–H groups in total. The number of rotatable bonds is 5. The second-order valence-electron chi connectivity index (χ2n) is 6.35. The summed E-state index contributed by atoms with van der Waals surface area (Å²) in [6.45, 7) is 9.89. The summed E-state index contributed by atoms with van der Waals surface area (Å²) in [5.74, 6) is 4.34. The van der Waals surface area contributed by atoms with Gasteiger partial charge >= 0.3 is 0 Å². The molecule has 1 heterocycles. The minimum absolute atomic E-state index is 0.677. The molecule has 1 unspecified atom stereocenters. The fraction of sp³-hybridized carbons (Fsp3) is 0.435. The smallest absolute Gasteiger partial charge is 0.118 e. The molecule has 4 nitrogen and oxygen atoms in total. The van der Waals surface area contributed by atoms with Crippen LogP contribution in [-0.4, -0.2) is 42.2 Å². The molecule has 28 heavy (non-hydrogen) atoms. The van der Waals surface area contributed by atoms with E-state index in [0.717, 1.165) is 12.3 Å². The average Bonchev–Trinajstić information content (AvgIpc) is 2.76. The molecular formula is C23H36N2O2S. The van der Waals surface area contributed by atoms with Crippen LogP contribution >= 0.6 is 0 Å². The lowest BCUT2D eigenvalue weighted by molar-refractivity contribution is 0.255. The van der Waals surface area contributed by atoms with Gasteiger partial charge < -0.3 is 4.74 Å². The van der Waals surface area contributed by atoms with Crippen molar-refractivity contribution in [3.05, 3.63) is 59.7 Å². The highest BCUT2D eigenvalue weighted by Crippen LogP contribution is 2.18.